The first-order chi connectivity index (χ1) is 6.83. The monoisotopic (exact) mass is 195 g/mol. The largest absolute Gasteiger partial charge is 0.350 e. The fourth-order valence-corrected chi connectivity index (χ4v) is 1.95. The average Bonchev–Trinajstić information content (AvgIpc) is 2.66. The van der Waals surface area contributed by atoms with Crippen LogP contribution in [-0.4, -0.2) is 24.1 Å². The van der Waals surface area contributed by atoms with Crippen LogP contribution in [0.3, 0.4) is 0 Å². The van der Waals surface area contributed by atoms with E-state index in [1.54, 1.807) is 12.3 Å². The van der Waals surface area contributed by atoms with Crippen molar-refractivity contribution in [3.63, 3.8) is 0 Å². The highest BCUT2D eigenvalue weighted by atomic mass is 19.1. The van der Waals surface area contributed by atoms with Crippen molar-refractivity contribution in [2.75, 3.05) is 18.0 Å². The molecule has 4 heteroatoms. The van der Waals surface area contributed by atoms with E-state index < -0.39 is 0 Å². The topological polar surface area (TPSA) is 42.1 Å². The van der Waals surface area contributed by atoms with Crippen LogP contribution < -0.4 is 10.6 Å². The zero-order valence-corrected chi connectivity index (χ0v) is 7.99. The van der Waals surface area contributed by atoms with E-state index >= 15 is 0 Å². The van der Waals surface area contributed by atoms with Crippen LogP contribution in [0.2, 0.25) is 0 Å². The van der Waals surface area contributed by atoms with Gasteiger partial charge in [0.25, 0.3) is 0 Å². The van der Waals surface area contributed by atoms with Crippen molar-refractivity contribution < 1.29 is 4.39 Å². The Morgan fingerprint density at radius 2 is 2.50 bits per heavy atom. The molecule has 0 saturated carbocycles. The molecule has 1 aromatic rings. The Hall–Kier alpha value is -1.16. The van der Waals surface area contributed by atoms with E-state index in [4.69, 9.17) is 5.73 Å². The predicted molar refractivity (Wildman–Crippen MR) is 53.6 cm³/mol. The van der Waals surface area contributed by atoms with Crippen LogP contribution in [-0.2, 0) is 0 Å². The molecule has 0 radical (unpaired) electrons. The number of hydrogen-bond acceptors (Lipinski definition) is 3. The van der Waals surface area contributed by atoms with Crippen molar-refractivity contribution in [1.82, 2.24) is 4.98 Å². The van der Waals surface area contributed by atoms with E-state index in [0.29, 0.717) is 12.4 Å². The Morgan fingerprint density at radius 1 is 1.64 bits per heavy atom. The van der Waals surface area contributed by atoms with Gasteiger partial charge < -0.3 is 10.6 Å². The summed E-state index contributed by atoms with van der Waals surface area (Å²) in [4.78, 5) is 6.02. The van der Waals surface area contributed by atoms with Crippen molar-refractivity contribution in [3.05, 3.63) is 24.1 Å². The summed E-state index contributed by atoms with van der Waals surface area (Å²) in [7, 11) is 0. The molecule has 2 N–H and O–H groups in total. The highest BCUT2D eigenvalue weighted by Crippen LogP contribution is 2.24. The summed E-state index contributed by atoms with van der Waals surface area (Å²) in [6.45, 7) is 1.42. The number of nitrogens with two attached hydrogens (primary N) is 1. The zero-order chi connectivity index (χ0) is 9.97. The Kier molecular flexibility index (Phi) is 2.63. The predicted octanol–water partition coefficient (Wildman–Crippen LogP) is 1.15. The van der Waals surface area contributed by atoms with Crippen LogP contribution in [0.15, 0.2) is 18.3 Å². The lowest BCUT2D eigenvalue weighted by Gasteiger charge is -2.24. The average molecular weight is 195 g/mol. The zero-order valence-electron chi connectivity index (χ0n) is 7.99. The Bertz CT molecular complexity index is 316. The number of halogens is 1. The summed E-state index contributed by atoms with van der Waals surface area (Å²) in [5, 5.41) is 0. The third kappa shape index (κ3) is 1.57. The van der Waals surface area contributed by atoms with E-state index in [2.05, 4.69) is 4.98 Å². The molecule has 0 spiro atoms. The van der Waals surface area contributed by atoms with Gasteiger partial charge in [-0.25, -0.2) is 9.37 Å². The Balaban J connectivity index is 2.26. The number of hydrogen-bond donors (Lipinski definition) is 1. The second kappa shape index (κ2) is 3.92. The molecule has 1 aromatic heterocycles. The molecular formula is C10H14FN3. The van der Waals surface area contributed by atoms with Gasteiger partial charge in [-0.2, -0.15) is 0 Å². The molecule has 0 amide bonds. The molecule has 1 aliphatic heterocycles. The molecule has 1 fully saturated rings. The first-order valence-corrected chi connectivity index (χ1v) is 4.90. The third-order valence-corrected chi connectivity index (χ3v) is 2.66. The first kappa shape index (κ1) is 9.40. The Morgan fingerprint density at radius 3 is 3.21 bits per heavy atom. The molecule has 2 rings (SSSR count). The van der Waals surface area contributed by atoms with Gasteiger partial charge in [-0.3, -0.25) is 0 Å². The van der Waals surface area contributed by atoms with Gasteiger partial charge in [-0.15, -0.1) is 0 Å². The van der Waals surface area contributed by atoms with Crippen molar-refractivity contribution in [2.24, 2.45) is 5.73 Å². The first-order valence-electron chi connectivity index (χ1n) is 4.90. The van der Waals surface area contributed by atoms with Crippen molar-refractivity contribution in [2.45, 2.75) is 18.9 Å². The number of aromatic nitrogens is 1. The maximum atomic E-state index is 13.4. The van der Waals surface area contributed by atoms with Crippen LogP contribution in [0.4, 0.5) is 10.2 Å². The molecule has 2 heterocycles. The standard InChI is InChI=1S/C10H14FN3/c11-9-4-1-5-13-10(9)14-6-2-3-8(14)7-12/h1,4-5,8H,2-3,6-7,12H2. The van der Waals surface area contributed by atoms with Crippen molar-refractivity contribution in [1.29, 1.82) is 0 Å². The molecule has 14 heavy (non-hydrogen) atoms. The molecule has 1 unspecified atom stereocenters. The molecule has 1 atom stereocenters. The number of pyridine rings is 1. The van der Waals surface area contributed by atoms with Gasteiger partial charge in [0.05, 0.1) is 0 Å². The normalized spacial score (nSPS) is 21.6. The van der Waals surface area contributed by atoms with E-state index in [9.17, 15) is 4.39 Å². The minimum absolute atomic E-state index is 0.249. The second-order valence-electron chi connectivity index (χ2n) is 3.53. The molecule has 0 aliphatic carbocycles. The van der Waals surface area contributed by atoms with Gasteiger partial charge in [0, 0.05) is 25.3 Å². The molecule has 3 nitrogen and oxygen atoms in total. The van der Waals surface area contributed by atoms with E-state index in [1.807, 2.05) is 4.90 Å². The van der Waals surface area contributed by atoms with Gasteiger partial charge in [-0.1, -0.05) is 0 Å². The summed E-state index contributed by atoms with van der Waals surface area (Å²) in [6.07, 6.45) is 3.72. The van der Waals surface area contributed by atoms with Crippen molar-refractivity contribution in [3.8, 4) is 0 Å². The van der Waals surface area contributed by atoms with Crippen LogP contribution in [0.1, 0.15) is 12.8 Å². The van der Waals surface area contributed by atoms with Crippen LogP contribution in [0, 0.1) is 5.82 Å². The van der Waals surface area contributed by atoms with Crippen LogP contribution >= 0.6 is 0 Å². The SMILES string of the molecule is NCC1CCCN1c1ncccc1F. The summed E-state index contributed by atoms with van der Waals surface area (Å²) in [6, 6.07) is 3.29. The molecule has 1 aliphatic rings. The lowest BCUT2D eigenvalue weighted by molar-refractivity contribution is 0.597. The summed E-state index contributed by atoms with van der Waals surface area (Å²) in [5.41, 5.74) is 5.62. The van der Waals surface area contributed by atoms with Crippen LogP contribution in [0.25, 0.3) is 0 Å². The molecule has 0 bridgehead atoms. The third-order valence-electron chi connectivity index (χ3n) is 2.66. The minimum Gasteiger partial charge on any atom is -0.350 e. The highest BCUT2D eigenvalue weighted by molar-refractivity contribution is 5.42. The highest BCUT2D eigenvalue weighted by Gasteiger charge is 2.25. The van der Waals surface area contributed by atoms with Gasteiger partial charge in [0.1, 0.15) is 0 Å². The van der Waals surface area contributed by atoms with E-state index in [-0.39, 0.29) is 11.9 Å². The molecule has 1 saturated heterocycles. The summed E-state index contributed by atoms with van der Waals surface area (Å²) >= 11 is 0. The summed E-state index contributed by atoms with van der Waals surface area (Å²) in [5.74, 6) is 0.188. The molecular weight excluding hydrogens is 181 g/mol. The van der Waals surface area contributed by atoms with E-state index in [0.717, 1.165) is 19.4 Å². The minimum atomic E-state index is -0.257. The lowest BCUT2D eigenvalue weighted by atomic mass is 10.2. The Labute approximate surface area is 82.7 Å². The fourth-order valence-electron chi connectivity index (χ4n) is 1.95. The molecule has 0 aromatic carbocycles. The van der Waals surface area contributed by atoms with Crippen LogP contribution in [0.5, 0.6) is 0 Å². The maximum absolute atomic E-state index is 13.4. The van der Waals surface area contributed by atoms with Gasteiger partial charge >= 0.3 is 0 Å². The van der Waals surface area contributed by atoms with Crippen molar-refractivity contribution >= 4 is 5.82 Å². The molecule has 76 valence electrons. The summed E-state index contributed by atoms with van der Waals surface area (Å²) < 4.78 is 13.4. The van der Waals surface area contributed by atoms with Gasteiger partial charge in [0.15, 0.2) is 11.6 Å². The fraction of sp³-hybridized carbons (Fsp3) is 0.500. The van der Waals surface area contributed by atoms with Gasteiger partial charge in [0.2, 0.25) is 0 Å². The number of nitrogens with zero attached hydrogens (tertiary/aromatic N) is 2. The number of rotatable bonds is 2. The smallest absolute Gasteiger partial charge is 0.165 e. The lowest BCUT2D eigenvalue weighted by Crippen LogP contribution is -2.36. The number of anilines is 1. The van der Waals surface area contributed by atoms with Gasteiger partial charge in [-0.05, 0) is 25.0 Å². The second-order valence-corrected chi connectivity index (χ2v) is 3.53. The van der Waals surface area contributed by atoms with E-state index in [1.165, 1.54) is 6.07 Å². The maximum Gasteiger partial charge on any atom is 0.165 e. The quantitative estimate of drug-likeness (QED) is 0.769.